The van der Waals surface area contributed by atoms with Crippen molar-refractivity contribution in [2.75, 3.05) is 12.9 Å². The first-order valence-electron chi connectivity index (χ1n) is 7.72. The molecule has 3 rings (SSSR count). The number of hydrogen-bond acceptors (Lipinski definition) is 4. The second-order valence-electron chi connectivity index (χ2n) is 5.97. The molecule has 0 radical (unpaired) electrons. The molecule has 1 aliphatic rings. The highest BCUT2D eigenvalue weighted by molar-refractivity contribution is 7.89. The SMILES string of the molecule is CS(=O)(=O)Cc1ccc(C(=O)NC2CCOc3ccccc32)cc1. The van der Waals surface area contributed by atoms with Crippen molar-refractivity contribution in [2.45, 2.75) is 18.2 Å². The lowest BCUT2D eigenvalue weighted by Crippen LogP contribution is -2.32. The van der Waals surface area contributed by atoms with Gasteiger partial charge in [-0.25, -0.2) is 8.42 Å². The molecule has 0 fully saturated rings. The molecule has 1 amide bonds. The standard InChI is InChI=1S/C18H19NO4S/c1-24(21,22)12-13-6-8-14(9-7-13)18(20)19-16-10-11-23-17-5-3-2-4-15(16)17/h2-9,16H,10-12H2,1H3,(H,19,20). The first-order chi connectivity index (χ1) is 11.4. The molecule has 24 heavy (non-hydrogen) atoms. The molecule has 0 aliphatic carbocycles. The summed E-state index contributed by atoms with van der Waals surface area (Å²) in [5.41, 5.74) is 2.16. The molecule has 2 aromatic rings. The smallest absolute Gasteiger partial charge is 0.251 e. The Kier molecular flexibility index (Phi) is 4.57. The Morgan fingerprint density at radius 2 is 1.88 bits per heavy atom. The lowest BCUT2D eigenvalue weighted by molar-refractivity contribution is 0.0925. The van der Waals surface area contributed by atoms with Crippen LogP contribution >= 0.6 is 0 Å². The van der Waals surface area contributed by atoms with Crippen LogP contribution in [0, 0.1) is 0 Å². The van der Waals surface area contributed by atoms with E-state index in [0.717, 1.165) is 17.7 Å². The summed E-state index contributed by atoms with van der Waals surface area (Å²) in [5, 5.41) is 3.02. The van der Waals surface area contributed by atoms with Crippen molar-refractivity contribution in [1.82, 2.24) is 5.32 Å². The van der Waals surface area contributed by atoms with Crippen molar-refractivity contribution in [3.63, 3.8) is 0 Å². The zero-order valence-corrected chi connectivity index (χ0v) is 14.2. The Labute approximate surface area is 141 Å². The monoisotopic (exact) mass is 345 g/mol. The maximum absolute atomic E-state index is 12.4. The van der Waals surface area contributed by atoms with Crippen LogP contribution in [0.15, 0.2) is 48.5 Å². The van der Waals surface area contributed by atoms with E-state index in [1.165, 1.54) is 6.26 Å². The summed E-state index contributed by atoms with van der Waals surface area (Å²) in [6.07, 6.45) is 1.91. The highest BCUT2D eigenvalue weighted by Gasteiger charge is 2.23. The predicted molar refractivity (Wildman–Crippen MR) is 91.8 cm³/mol. The molecule has 1 unspecified atom stereocenters. The third-order valence-corrected chi connectivity index (χ3v) is 4.77. The molecular weight excluding hydrogens is 326 g/mol. The molecule has 1 heterocycles. The number of carbonyl (C=O) groups is 1. The molecule has 0 aromatic heterocycles. The largest absolute Gasteiger partial charge is 0.493 e. The summed E-state index contributed by atoms with van der Waals surface area (Å²) in [7, 11) is -3.08. The first-order valence-corrected chi connectivity index (χ1v) is 9.78. The van der Waals surface area contributed by atoms with Crippen molar-refractivity contribution in [1.29, 1.82) is 0 Å². The number of carbonyl (C=O) groups excluding carboxylic acids is 1. The van der Waals surface area contributed by atoms with Crippen LogP contribution in [0.3, 0.4) is 0 Å². The van der Waals surface area contributed by atoms with Gasteiger partial charge in [-0.3, -0.25) is 4.79 Å². The second kappa shape index (κ2) is 6.65. The van der Waals surface area contributed by atoms with Gasteiger partial charge in [0.25, 0.3) is 5.91 Å². The molecule has 1 N–H and O–H groups in total. The van der Waals surface area contributed by atoms with E-state index in [0.29, 0.717) is 17.7 Å². The molecule has 5 nitrogen and oxygen atoms in total. The summed E-state index contributed by atoms with van der Waals surface area (Å²) in [6, 6.07) is 14.3. The zero-order valence-electron chi connectivity index (χ0n) is 13.4. The Bertz CT molecular complexity index is 844. The average molecular weight is 345 g/mol. The summed E-state index contributed by atoms with van der Waals surface area (Å²) in [4.78, 5) is 12.4. The van der Waals surface area contributed by atoms with E-state index in [-0.39, 0.29) is 17.7 Å². The van der Waals surface area contributed by atoms with E-state index in [4.69, 9.17) is 4.74 Å². The Morgan fingerprint density at radius 1 is 1.17 bits per heavy atom. The first kappa shape index (κ1) is 16.5. The minimum Gasteiger partial charge on any atom is -0.493 e. The van der Waals surface area contributed by atoms with Gasteiger partial charge < -0.3 is 10.1 Å². The Morgan fingerprint density at radius 3 is 2.58 bits per heavy atom. The number of nitrogens with one attached hydrogen (secondary N) is 1. The molecule has 1 atom stereocenters. The molecule has 6 heteroatoms. The molecule has 126 valence electrons. The van der Waals surface area contributed by atoms with Crippen LogP contribution in [0.2, 0.25) is 0 Å². The van der Waals surface area contributed by atoms with Crippen molar-refractivity contribution in [3.05, 3.63) is 65.2 Å². The van der Waals surface area contributed by atoms with Gasteiger partial charge in [-0.15, -0.1) is 0 Å². The minimum absolute atomic E-state index is 0.0256. The molecule has 0 saturated heterocycles. The predicted octanol–water partition coefficient (Wildman–Crippen LogP) is 2.48. The lowest BCUT2D eigenvalue weighted by Gasteiger charge is -2.26. The van der Waals surface area contributed by atoms with Crippen LogP contribution < -0.4 is 10.1 Å². The molecule has 0 bridgehead atoms. The van der Waals surface area contributed by atoms with Gasteiger partial charge in [-0.1, -0.05) is 30.3 Å². The fourth-order valence-electron chi connectivity index (χ4n) is 2.79. The zero-order chi connectivity index (χ0) is 17.2. The van der Waals surface area contributed by atoms with Gasteiger partial charge in [0.05, 0.1) is 18.4 Å². The highest BCUT2D eigenvalue weighted by atomic mass is 32.2. The fraction of sp³-hybridized carbons (Fsp3) is 0.278. The van der Waals surface area contributed by atoms with Gasteiger partial charge in [-0.05, 0) is 23.8 Å². The van der Waals surface area contributed by atoms with Crippen LogP contribution in [-0.4, -0.2) is 27.2 Å². The van der Waals surface area contributed by atoms with E-state index in [1.807, 2.05) is 24.3 Å². The topological polar surface area (TPSA) is 72.5 Å². The van der Waals surface area contributed by atoms with Crippen molar-refractivity contribution < 1.29 is 17.9 Å². The van der Waals surface area contributed by atoms with Crippen LogP contribution in [0.25, 0.3) is 0 Å². The second-order valence-corrected chi connectivity index (χ2v) is 8.11. The van der Waals surface area contributed by atoms with Gasteiger partial charge in [0.1, 0.15) is 5.75 Å². The van der Waals surface area contributed by atoms with Gasteiger partial charge in [-0.2, -0.15) is 0 Å². The van der Waals surface area contributed by atoms with Crippen molar-refractivity contribution in [2.24, 2.45) is 0 Å². The van der Waals surface area contributed by atoms with E-state index in [2.05, 4.69) is 5.32 Å². The molecule has 0 saturated carbocycles. The van der Waals surface area contributed by atoms with E-state index >= 15 is 0 Å². The molecule has 2 aromatic carbocycles. The molecule has 1 aliphatic heterocycles. The van der Waals surface area contributed by atoms with Gasteiger partial charge >= 0.3 is 0 Å². The number of sulfone groups is 1. The fourth-order valence-corrected chi connectivity index (χ4v) is 3.59. The highest BCUT2D eigenvalue weighted by Crippen LogP contribution is 2.31. The van der Waals surface area contributed by atoms with Gasteiger partial charge in [0.15, 0.2) is 9.84 Å². The number of rotatable bonds is 4. The number of ether oxygens (including phenoxy) is 1. The quantitative estimate of drug-likeness (QED) is 0.924. The summed E-state index contributed by atoms with van der Waals surface area (Å²) in [6.45, 7) is 0.565. The van der Waals surface area contributed by atoms with Gasteiger partial charge in [0.2, 0.25) is 0 Å². The van der Waals surface area contributed by atoms with Crippen LogP contribution in [0.1, 0.15) is 33.9 Å². The number of amides is 1. The number of benzene rings is 2. The molecule has 0 spiro atoms. The summed E-state index contributed by atoms with van der Waals surface area (Å²) >= 11 is 0. The number of fused-ring (bicyclic) bond motifs is 1. The average Bonchev–Trinajstić information content (AvgIpc) is 2.54. The summed E-state index contributed by atoms with van der Waals surface area (Å²) < 4.78 is 28.2. The minimum atomic E-state index is -3.08. The van der Waals surface area contributed by atoms with Crippen molar-refractivity contribution in [3.8, 4) is 5.75 Å². The van der Waals surface area contributed by atoms with Crippen LogP contribution in [0.4, 0.5) is 0 Å². The maximum atomic E-state index is 12.4. The third kappa shape index (κ3) is 3.94. The number of para-hydroxylation sites is 1. The Balaban J connectivity index is 1.72. The normalized spacial score (nSPS) is 16.8. The number of hydrogen-bond donors (Lipinski definition) is 1. The van der Waals surface area contributed by atoms with Crippen LogP contribution in [-0.2, 0) is 15.6 Å². The van der Waals surface area contributed by atoms with E-state index in [1.54, 1.807) is 24.3 Å². The lowest BCUT2D eigenvalue weighted by atomic mass is 10.00. The van der Waals surface area contributed by atoms with Crippen molar-refractivity contribution >= 4 is 15.7 Å². The Hall–Kier alpha value is -2.34. The van der Waals surface area contributed by atoms with E-state index < -0.39 is 9.84 Å². The third-order valence-electron chi connectivity index (χ3n) is 3.91. The molecular formula is C18H19NO4S. The maximum Gasteiger partial charge on any atom is 0.251 e. The van der Waals surface area contributed by atoms with Crippen LogP contribution in [0.5, 0.6) is 5.75 Å². The summed E-state index contributed by atoms with van der Waals surface area (Å²) in [5.74, 6) is 0.600. The van der Waals surface area contributed by atoms with E-state index in [9.17, 15) is 13.2 Å². The van der Waals surface area contributed by atoms with Gasteiger partial charge in [0, 0.05) is 23.8 Å².